The first-order valence-electron chi connectivity index (χ1n) is 24.5. The van der Waals surface area contributed by atoms with Crippen molar-refractivity contribution < 1.29 is 28.6 Å². The highest BCUT2D eigenvalue weighted by Gasteiger charge is 2.19. The summed E-state index contributed by atoms with van der Waals surface area (Å²) in [5.41, 5.74) is 0. The van der Waals surface area contributed by atoms with E-state index in [0.717, 1.165) is 70.6 Å². The Labute approximate surface area is 385 Å². The first-order chi connectivity index (χ1) is 31.0. The van der Waals surface area contributed by atoms with E-state index in [9.17, 15) is 14.4 Å². The van der Waals surface area contributed by atoms with Crippen LogP contribution >= 0.6 is 0 Å². The van der Waals surface area contributed by atoms with Crippen LogP contribution in [-0.4, -0.2) is 37.2 Å². The van der Waals surface area contributed by atoms with Crippen LogP contribution in [0.2, 0.25) is 0 Å². The lowest BCUT2D eigenvalue weighted by Crippen LogP contribution is -2.30. The average Bonchev–Trinajstić information content (AvgIpc) is 3.28. The van der Waals surface area contributed by atoms with Gasteiger partial charge in [-0.05, 0) is 57.8 Å². The Balaban J connectivity index is 4.59. The quantitative estimate of drug-likeness (QED) is 0.0264. The van der Waals surface area contributed by atoms with Gasteiger partial charge in [0.05, 0.1) is 0 Å². The minimum atomic E-state index is -0.823. The summed E-state index contributed by atoms with van der Waals surface area (Å²) in [6, 6.07) is 0. The first kappa shape index (κ1) is 58.3. The zero-order valence-corrected chi connectivity index (χ0v) is 39.8. The first-order valence-corrected chi connectivity index (χ1v) is 24.5. The number of carbonyl (C=O) groups excluding carboxylic acids is 3. The minimum Gasteiger partial charge on any atom is -0.462 e. The summed E-state index contributed by atoms with van der Waals surface area (Å²) < 4.78 is 16.7. The predicted molar refractivity (Wildman–Crippen MR) is 269 cm³/mol. The second-order valence-electron chi connectivity index (χ2n) is 15.6. The molecule has 0 saturated carbocycles. The van der Waals surface area contributed by atoms with E-state index in [1.54, 1.807) is 0 Å². The zero-order chi connectivity index (χ0) is 45.8. The smallest absolute Gasteiger partial charge is 0.306 e. The van der Waals surface area contributed by atoms with Crippen LogP contribution in [0.4, 0.5) is 0 Å². The van der Waals surface area contributed by atoms with E-state index in [0.29, 0.717) is 19.3 Å². The predicted octanol–water partition coefficient (Wildman–Crippen LogP) is 16.1. The van der Waals surface area contributed by atoms with Gasteiger partial charge in [-0.1, -0.05) is 244 Å². The summed E-state index contributed by atoms with van der Waals surface area (Å²) in [6.07, 6.45) is 71.1. The van der Waals surface area contributed by atoms with Gasteiger partial charge in [-0.2, -0.15) is 0 Å². The maximum atomic E-state index is 12.8. The molecule has 0 spiro atoms. The highest BCUT2D eigenvalue weighted by atomic mass is 16.6. The molecular weight excluding hydrogens is 781 g/mol. The van der Waals surface area contributed by atoms with Crippen molar-refractivity contribution in [3.05, 3.63) is 146 Å². The van der Waals surface area contributed by atoms with Crippen LogP contribution in [0.15, 0.2) is 146 Å². The topological polar surface area (TPSA) is 78.9 Å². The van der Waals surface area contributed by atoms with Crippen LogP contribution < -0.4 is 0 Å². The van der Waals surface area contributed by atoms with Crippen molar-refractivity contribution in [1.82, 2.24) is 0 Å². The molecule has 0 rings (SSSR count). The summed E-state index contributed by atoms with van der Waals surface area (Å²) in [6.45, 7) is 6.23. The molecule has 350 valence electrons. The third-order valence-electron chi connectivity index (χ3n) is 9.66. The summed E-state index contributed by atoms with van der Waals surface area (Å²) >= 11 is 0. The molecule has 1 atom stereocenters. The molecule has 0 aromatic rings. The SMILES string of the molecule is CC\C=C/C=C\C=C/C=C\C=C/CCCCCC(=O)OC(COC(=O)CCCCC\C=C/C=C\C=C\C=C/C=C\C=C/C=C\CC)COC(=O)CCCCCCCCCCCCC. The van der Waals surface area contributed by atoms with Gasteiger partial charge >= 0.3 is 17.9 Å². The van der Waals surface area contributed by atoms with Crippen molar-refractivity contribution in [1.29, 1.82) is 0 Å². The van der Waals surface area contributed by atoms with Crippen LogP contribution in [0.1, 0.15) is 175 Å². The molecule has 0 fully saturated rings. The molecule has 0 heterocycles. The van der Waals surface area contributed by atoms with E-state index in [4.69, 9.17) is 14.2 Å². The molecule has 0 aliphatic carbocycles. The molecule has 0 saturated heterocycles. The van der Waals surface area contributed by atoms with Crippen molar-refractivity contribution in [3.63, 3.8) is 0 Å². The third-order valence-corrected chi connectivity index (χ3v) is 9.66. The highest BCUT2D eigenvalue weighted by molar-refractivity contribution is 5.71. The van der Waals surface area contributed by atoms with Crippen molar-refractivity contribution >= 4 is 17.9 Å². The Bertz CT molecular complexity index is 1460. The standard InChI is InChI=1S/C57H86O6/c1-4-7-10-13-16-19-22-24-26-27-28-29-31-32-35-38-41-44-47-50-56(59)62-53-54(52-61-55(58)49-46-43-40-37-34-21-18-15-12-9-6-3)63-57(60)51-48-45-42-39-36-33-30-25-23-20-17-14-11-8-5-2/h7-8,10-11,13-14,16-17,19-20,22-33,35-36,54H,4-6,9,12,15,18,21,34,37-53H2,1-3H3/b10-7-,11-8-,16-13-,17-14-,22-19-,23-20-,26-24-,28-27+,30-25-,31-29-,35-32-,36-33-. The van der Waals surface area contributed by atoms with E-state index < -0.39 is 6.10 Å². The normalized spacial score (nSPS) is 13.4. The number of rotatable bonds is 41. The molecule has 6 nitrogen and oxygen atoms in total. The van der Waals surface area contributed by atoms with Crippen molar-refractivity contribution in [2.75, 3.05) is 13.2 Å². The summed E-state index contributed by atoms with van der Waals surface area (Å²) in [4.78, 5) is 37.9. The molecule has 0 N–H and O–H groups in total. The van der Waals surface area contributed by atoms with Crippen LogP contribution in [0.5, 0.6) is 0 Å². The molecule has 6 heteroatoms. The van der Waals surface area contributed by atoms with Crippen LogP contribution in [0, 0.1) is 0 Å². The van der Waals surface area contributed by atoms with Gasteiger partial charge in [0, 0.05) is 19.3 Å². The zero-order valence-electron chi connectivity index (χ0n) is 39.8. The monoisotopic (exact) mass is 867 g/mol. The van der Waals surface area contributed by atoms with E-state index in [-0.39, 0.29) is 44.0 Å². The molecule has 0 aromatic heterocycles. The fourth-order valence-electron chi connectivity index (χ4n) is 6.03. The van der Waals surface area contributed by atoms with Gasteiger partial charge in [0.1, 0.15) is 13.2 Å². The fraction of sp³-hybridized carbons (Fsp3) is 0.526. The molecule has 0 radical (unpaired) electrons. The van der Waals surface area contributed by atoms with Gasteiger partial charge in [-0.3, -0.25) is 14.4 Å². The molecular formula is C57H86O6. The fourth-order valence-corrected chi connectivity index (χ4v) is 6.03. The van der Waals surface area contributed by atoms with E-state index in [1.807, 2.05) is 122 Å². The number of hydrogen-bond acceptors (Lipinski definition) is 6. The minimum absolute atomic E-state index is 0.116. The van der Waals surface area contributed by atoms with Crippen LogP contribution in [0.3, 0.4) is 0 Å². The van der Waals surface area contributed by atoms with Gasteiger partial charge in [0.25, 0.3) is 0 Å². The lowest BCUT2D eigenvalue weighted by molar-refractivity contribution is -0.167. The Kier molecular flexibility index (Phi) is 46.2. The van der Waals surface area contributed by atoms with Gasteiger partial charge < -0.3 is 14.2 Å². The molecule has 0 bridgehead atoms. The van der Waals surface area contributed by atoms with Gasteiger partial charge in [-0.15, -0.1) is 0 Å². The van der Waals surface area contributed by atoms with Crippen molar-refractivity contribution in [3.8, 4) is 0 Å². The Hall–Kier alpha value is -4.71. The lowest BCUT2D eigenvalue weighted by Gasteiger charge is -2.18. The summed E-state index contributed by atoms with van der Waals surface area (Å²) in [7, 11) is 0. The third kappa shape index (κ3) is 48.2. The van der Waals surface area contributed by atoms with Crippen molar-refractivity contribution in [2.24, 2.45) is 0 Å². The number of unbranched alkanes of at least 4 members (excludes halogenated alkanes) is 16. The van der Waals surface area contributed by atoms with E-state index >= 15 is 0 Å². The Morgan fingerprint density at radius 1 is 0.333 bits per heavy atom. The highest BCUT2D eigenvalue weighted by Crippen LogP contribution is 2.13. The van der Waals surface area contributed by atoms with Gasteiger partial charge in [-0.25, -0.2) is 0 Å². The number of allylic oxidation sites excluding steroid dienone is 24. The van der Waals surface area contributed by atoms with Gasteiger partial charge in [0.2, 0.25) is 0 Å². The van der Waals surface area contributed by atoms with Crippen LogP contribution in [0.25, 0.3) is 0 Å². The number of ether oxygens (including phenoxy) is 3. The maximum absolute atomic E-state index is 12.8. The molecule has 0 aromatic carbocycles. The molecule has 63 heavy (non-hydrogen) atoms. The van der Waals surface area contributed by atoms with Crippen LogP contribution in [-0.2, 0) is 28.6 Å². The Morgan fingerprint density at radius 2 is 0.619 bits per heavy atom. The van der Waals surface area contributed by atoms with Crippen molar-refractivity contribution in [2.45, 2.75) is 181 Å². The molecule has 0 aliphatic rings. The number of esters is 3. The Morgan fingerprint density at radius 3 is 0.968 bits per heavy atom. The van der Waals surface area contributed by atoms with E-state index in [2.05, 4.69) is 45.1 Å². The molecule has 1 unspecified atom stereocenters. The van der Waals surface area contributed by atoms with Gasteiger partial charge in [0.15, 0.2) is 6.10 Å². The second-order valence-corrected chi connectivity index (χ2v) is 15.6. The van der Waals surface area contributed by atoms with E-state index in [1.165, 1.54) is 51.4 Å². The average molecular weight is 867 g/mol. The summed E-state index contributed by atoms with van der Waals surface area (Å²) in [5.74, 6) is -1.02. The molecule has 0 aliphatic heterocycles. The molecule has 0 amide bonds. The largest absolute Gasteiger partial charge is 0.462 e. The number of hydrogen-bond donors (Lipinski definition) is 0. The maximum Gasteiger partial charge on any atom is 0.306 e. The second kappa shape index (κ2) is 49.9. The number of carbonyl (C=O) groups is 3. The summed E-state index contributed by atoms with van der Waals surface area (Å²) in [5, 5.41) is 0. The lowest BCUT2D eigenvalue weighted by atomic mass is 10.1.